The van der Waals surface area contributed by atoms with E-state index >= 15 is 0 Å². The van der Waals surface area contributed by atoms with Crippen molar-refractivity contribution in [3.05, 3.63) is 63.7 Å². The van der Waals surface area contributed by atoms with Crippen LogP contribution < -0.4 is 11.1 Å². The van der Waals surface area contributed by atoms with Crippen molar-refractivity contribution in [3.8, 4) is 0 Å². The van der Waals surface area contributed by atoms with Gasteiger partial charge in [0, 0.05) is 23.7 Å². The zero-order valence-corrected chi connectivity index (χ0v) is 11.8. The SMILES string of the molecule is CC1(c2ccccc2)CCNc2cc([N+](=O)[O-])c(N)cc21. The fourth-order valence-electron chi connectivity index (χ4n) is 3.05. The Balaban J connectivity index is 2.19. The number of nitrogens with one attached hydrogen (secondary N) is 1. The number of rotatable bonds is 2. The van der Waals surface area contributed by atoms with Gasteiger partial charge in [-0.1, -0.05) is 37.3 Å². The number of nitrogens with zero attached hydrogens (tertiary/aromatic N) is 1. The summed E-state index contributed by atoms with van der Waals surface area (Å²) in [4.78, 5) is 10.6. The lowest BCUT2D eigenvalue weighted by Crippen LogP contribution is -2.32. The summed E-state index contributed by atoms with van der Waals surface area (Å²) in [7, 11) is 0. The third kappa shape index (κ3) is 2.11. The molecule has 3 N–H and O–H groups in total. The van der Waals surface area contributed by atoms with Crippen molar-refractivity contribution < 1.29 is 4.92 Å². The molecule has 2 aromatic rings. The summed E-state index contributed by atoms with van der Waals surface area (Å²) in [5.41, 5.74) is 8.87. The molecule has 0 aromatic heterocycles. The number of hydrogen-bond acceptors (Lipinski definition) is 4. The number of benzene rings is 2. The van der Waals surface area contributed by atoms with Crippen molar-refractivity contribution in [1.29, 1.82) is 0 Å². The highest BCUT2D eigenvalue weighted by Gasteiger charge is 2.35. The molecule has 1 aliphatic rings. The number of hydrogen-bond donors (Lipinski definition) is 2. The Morgan fingerprint density at radius 2 is 2.00 bits per heavy atom. The van der Waals surface area contributed by atoms with Gasteiger partial charge in [-0.15, -0.1) is 0 Å². The van der Waals surface area contributed by atoms with Crippen LogP contribution >= 0.6 is 0 Å². The second kappa shape index (κ2) is 4.77. The van der Waals surface area contributed by atoms with E-state index in [1.54, 1.807) is 12.1 Å². The van der Waals surface area contributed by atoms with E-state index in [2.05, 4.69) is 24.4 Å². The minimum atomic E-state index is -0.439. The van der Waals surface area contributed by atoms with Crippen molar-refractivity contribution in [2.24, 2.45) is 0 Å². The summed E-state index contributed by atoms with van der Waals surface area (Å²) in [5.74, 6) is 0. The van der Waals surface area contributed by atoms with Gasteiger partial charge in [0.15, 0.2) is 0 Å². The summed E-state index contributed by atoms with van der Waals surface area (Å²) in [6.45, 7) is 2.94. The molecular weight excluding hydrogens is 266 g/mol. The molecule has 0 amide bonds. The lowest BCUT2D eigenvalue weighted by molar-refractivity contribution is -0.383. The van der Waals surface area contributed by atoms with Crippen LogP contribution in [0.1, 0.15) is 24.5 Å². The smallest absolute Gasteiger partial charge is 0.294 e. The Labute approximate surface area is 122 Å². The van der Waals surface area contributed by atoms with Crippen LogP contribution in [-0.4, -0.2) is 11.5 Å². The fraction of sp³-hybridized carbons (Fsp3) is 0.250. The quantitative estimate of drug-likeness (QED) is 0.503. The molecule has 0 saturated carbocycles. The molecule has 1 unspecified atom stereocenters. The van der Waals surface area contributed by atoms with Gasteiger partial charge in [0.1, 0.15) is 5.69 Å². The van der Waals surface area contributed by atoms with Crippen LogP contribution in [-0.2, 0) is 5.41 Å². The molecule has 21 heavy (non-hydrogen) atoms. The van der Waals surface area contributed by atoms with Crippen LogP contribution in [0.15, 0.2) is 42.5 Å². The van der Waals surface area contributed by atoms with Crippen LogP contribution in [0, 0.1) is 10.1 Å². The largest absolute Gasteiger partial charge is 0.393 e. The van der Waals surface area contributed by atoms with E-state index in [9.17, 15) is 10.1 Å². The minimum Gasteiger partial charge on any atom is -0.393 e. The van der Waals surface area contributed by atoms with Crippen molar-refractivity contribution in [2.45, 2.75) is 18.8 Å². The maximum absolute atomic E-state index is 11.0. The maximum atomic E-state index is 11.0. The summed E-state index contributed by atoms with van der Waals surface area (Å²) in [5, 5.41) is 14.3. The molecule has 0 aliphatic carbocycles. The lowest BCUT2D eigenvalue weighted by atomic mass is 9.71. The van der Waals surface area contributed by atoms with Crippen molar-refractivity contribution in [2.75, 3.05) is 17.6 Å². The maximum Gasteiger partial charge on any atom is 0.294 e. The lowest BCUT2D eigenvalue weighted by Gasteiger charge is -2.37. The van der Waals surface area contributed by atoms with Crippen molar-refractivity contribution in [3.63, 3.8) is 0 Å². The number of anilines is 2. The zero-order valence-electron chi connectivity index (χ0n) is 11.8. The average Bonchev–Trinajstić information content (AvgIpc) is 2.48. The van der Waals surface area contributed by atoms with Crippen LogP contribution in [0.2, 0.25) is 0 Å². The van der Waals surface area contributed by atoms with Gasteiger partial charge in [-0.05, 0) is 23.6 Å². The molecular formula is C16H17N3O2. The number of nitro benzene ring substituents is 1. The van der Waals surface area contributed by atoms with E-state index in [1.807, 2.05) is 18.2 Å². The Bertz CT molecular complexity index is 700. The van der Waals surface area contributed by atoms with Gasteiger partial charge in [-0.25, -0.2) is 0 Å². The molecule has 0 saturated heterocycles. The van der Waals surface area contributed by atoms with Crippen LogP contribution in [0.25, 0.3) is 0 Å². The first-order valence-corrected chi connectivity index (χ1v) is 6.90. The van der Waals surface area contributed by atoms with Crippen molar-refractivity contribution >= 4 is 17.1 Å². The fourth-order valence-corrected chi connectivity index (χ4v) is 3.05. The third-order valence-electron chi connectivity index (χ3n) is 4.31. The summed E-state index contributed by atoms with van der Waals surface area (Å²) >= 11 is 0. The Hall–Kier alpha value is -2.56. The van der Waals surface area contributed by atoms with E-state index in [-0.39, 0.29) is 16.8 Å². The number of fused-ring (bicyclic) bond motifs is 1. The molecule has 5 nitrogen and oxygen atoms in total. The zero-order chi connectivity index (χ0) is 15.0. The number of nitrogen functional groups attached to an aromatic ring is 1. The Morgan fingerprint density at radius 1 is 1.29 bits per heavy atom. The van der Waals surface area contributed by atoms with E-state index in [0.29, 0.717) is 0 Å². The molecule has 3 rings (SSSR count). The summed E-state index contributed by atoms with van der Waals surface area (Å²) < 4.78 is 0. The van der Waals surface area contributed by atoms with Gasteiger partial charge in [0.25, 0.3) is 5.69 Å². The molecule has 1 aliphatic heterocycles. The molecule has 0 bridgehead atoms. The average molecular weight is 283 g/mol. The standard InChI is InChI=1S/C16H17N3O2/c1-16(11-5-3-2-4-6-11)7-8-18-14-10-15(19(20)21)13(17)9-12(14)16/h2-6,9-10,18H,7-8,17H2,1H3. The molecule has 1 heterocycles. The van der Waals surface area contributed by atoms with Gasteiger partial charge in [0.05, 0.1) is 4.92 Å². The van der Waals surface area contributed by atoms with E-state index < -0.39 is 4.92 Å². The third-order valence-corrected chi connectivity index (χ3v) is 4.31. The highest BCUT2D eigenvalue weighted by atomic mass is 16.6. The number of nitro groups is 1. The predicted molar refractivity (Wildman–Crippen MR) is 83.5 cm³/mol. The summed E-state index contributed by atoms with van der Waals surface area (Å²) in [6, 6.07) is 13.5. The van der Waals surface area contributed by atoms with Crippen LogP contribution in [0.5, 0.6) is 0 Å². The first-order chi connectivity index (χ1) is 10.0. The molecule has 1 atom stereocenters. The molecule has 2 aromatic carbocycles. The van der Waals surface area contributed by atoms with Crippen molar-refractivity contribution in [1.82, 2.24) is 0 Å². The normalized spacial score (nSPS) is 20.4. The minimum absolute atomic E-state index is 0.0430. The Morgan fingerprint density at radius 3 is 2.67 bits per heavy atom. The van der Waals surface area contributed by atoms with E-state index in [0.717, 1.165) is 24.2 Å². The monoisotopic (exact) mass is 283 g/mol. The predicted octanol–water partition coefficient (Wildman–Crippen LogP) is 3.30. The summed E-state index contributed by atoms with van der Waals surface area (Å²) in [6.07, 6.45) is 0.918. The second-order valence-corrected chi connectivity index (χ2v) is 5.59. The van der Waals surface area contributed by atoms with E-state index in [1.165, 1.54) is 5.56 Å². The van der Waals surface area contributed by atoms with Gasteiger partial charge < -0.3 is 11.1 Å². The highest BCUT2D eigenvalue weighted by molar-refractivity contribution is 5.73. The molecule has 0 spiro atoms. The van der Waals surface area contributed by atoms with Crippen LogP contribution in [0.4, 0.5) is 17.1 Å². The highest BCUT2D eigenvalue weighted by Crippen LogP contribution is 2.44. The first-order valence-electron chi connectivity index (χ1n) is 6.90. The molecule has 0 fully saturated rings. The van der Waals surface area contributed by atoms with Gasteiger partial charge >= 0.3 is 0 Å². The Kier molecular flexibility index (Phi) is 3.05. The van der Waals surface area contributed by atoms with E-state index in [4.69, 9.17) is 5.73 Å². The first kappa shape index (κ1) is 13.4. The van der Waals surface area contributed by atoms with Crippen LogP contribution in [0.3, 0.4) is 0 Å². The number of nitrogens with two attached hydrogens (primary N) is 1. The molecule has 5 heteroatoms. The molecule has 0 radical (unpaired) electrons. The van der Waals surface area contributed by atoms with Gasteiger partial charge in [-0.3, -0.25) is 10.1 Å². The van der Waals surface area contributed by atoms with Gasteiger partial charge in [0.2, 0.25) is 0 Å². The van der Waals surface area contributed by atoms with Gasteiger partial charge in [-0.2, -0.15) is 0 Å². The molecule has 108 valence electrons. The second-order valence-electron chi connectivity index (χ2n) is 5.59. The topological polar surface area (TPSA) is 81.2 Å².